The van der Waals surface area contributed by atoms with E-state index in [1.165, 1.54) is 25.5 Å². The molecule has 1 heterocycles. The van der Waals surface area contributed by atoms with E-state index in [1.807, 2.05) is 0 Å². The highest BCUT2D eigenvalue weighted by atomic mass is 14.3. The molecular formula is C11H21B. The van der Waals surface area contributed by atoms with Gasteiger partial charge in [0.15, 0.2) is 0 Å². The molecule has 0 radical (unpaired) electrons. The maximum absolute atomic E-state index is 3.84. The van der Waals surface area contributed by atoms with Gasteiger partial charge in [-0.15, -0.1) is 6.58 Å². The smallest absolute Gasteiger partial charge is 0.104 e. The lowest BCUT2D eigenvalue weighted by molar-refractivity contribution is 0.370. The van der Waals surface area contributed by atoms with E-state index in [0.717, 1.165) is 12.5 Å². The Labute approximate surface area is 77.5 Å². The van der Waals surface area contributed by atoms with Gasteiger partial charge in [-0.25, -0.2) is 0 Å². The topological polar surface area (TPSA) is 0 Å². The van der Waals surface area contributed by atoms with Crippen LogP contribution in [0.2, 0.25) is 18.5 Å². The minimum absolute atomic E-state index is 0.504. The van der Waals surface area contributed by atoms with Gasteiger partial charge in [-0.1, -0.05) is 58.1 Å². The maximum Gasteiger partial charge on any atom is 0.147 e. The number of rotatable bonds is 2. The predicted molar refractivity (Wildman–Crippen MR) is 58.0 cm³/mol. The van der Waals surface area contributed by atoms with Gasteiger partial charge in [-0.05, 0) is 5.41 Å². The molecule has 1 atom stereocenters. The van der Waals surface area contributed by atoms with Crippen LogP contribution < -0.4 is 0 Å². The second-order valence-corrected chi connectivity index (χ2v) is 5.19. The summed E-state index contributed by atoms with van der Waals surface area (Å²) < 4.78 is 0. The molecule has 1 aliphatic rings. The first-order valence-electron chi connectivity index (χ1n) is 5.16. The van der Waals surface area contributed by atoms with E-state index in [2.05, 4.69) is 33.4 Å². The van der Waals surface area contributed by atoms with Crippen molar-refractivity contribution in [3.05, 3.63) is 12.7 Å². The van der Waals surface area contributed by atoms with Crippen LogP contribution in [0.4, 0.5) is 0 Å². The standard InChI is InChI=1S/C11H21B/c1-5-8-12-9-6-7-10(12)11(2,3)4/h5,10H,1,6-9H2,2-4H3/t10-/m0/s1. The minimum atomic E-state index is 0.504. The molecule has 1 rings (SSSR count). The molecule has 1 heteroatoms. The quantitative estimate of drug-likeness (QED) is 0.429. The molecule has 0 nitrogen and oxygen atoms in total. The van der Waals surface area contributed by atoms with E-state index >= 15 is 0 Å². The lowest BCUT2D eigenvalue weighted by atomic mass is 9.36. The minimum Gasteiger partial charge on any atom is -0.104 e. The van der Waals surface area contributed by atoms with Gasteiger partial charge in [0.05, 0.1) is 0 Å². The van der Waals surface area contributed by atoms with Crippen LogP contribution in [0.3, 0.4) is 0 Å². The second kappa shape index (κ2) is 3.68. The molecular weight excluding hydrogens is 143 g/mol. The van der Waals surface area contributed by atoms with Crippen molar-refractivity contribution < 1.29 is 0 Å². The lowest BCUT2D eigenvalue weighted by Crippen LogP contribution is -2.25. The molecule has 1 aliphatic heterocycles. The van der Waals surface area contributed by atoms with Crippen molar-refractivity contribution in [2.45, 2.75) is 52.1 Å². The first-order chi connectivity index (χ1) is 5.55. The van der Waals surface area contributed by atoms with Crippen molar-refractivity contribution in [3.8, 4) is 0 Å². The largest absolute Gasteiger partial charge is 0.147 e. The van der Waals surface area contributed by atoms with Crippen LogP contribution in [0.5, 0.6) is 0 Å². The van der Waals surface area contributed by atoms with Gasteiger partial charge < -0.3 is 0 Å². The van der Waals surface area contributed by atoms with Crippen molar-refractivity contribution in [3.63, 3.8) is 0 Å². The molecule has 0 amide bonds. The van der Waals surface area contributed by atoms with Gasteiger partial charge in [0.25, 0.3) is 0 Å². The normalized spacial score (nSPS) is 24.6. The van der Waals surface area contributed by atoms with Crippen LogP contribution >= 0.6 is 0 Å². The summed E-state index contributed by atoms with van der Waals surface area (Å²) in [5.74, 6) is 0.926. The van der Waals surface area contributed by atoms with Crippen LogP contribution in [0, 0.1) is 5.41 Å². The predicted octanol–water partition coefficient (Wildman–Crippen LogP) is 3.88. The average Bonchev–Trinajstić information content (AvgIpc) is 2.34. The van der Waals surface area contributed by atoms with Crippen LogP contribution in [-0.4, -0.2) is 6.71 Å². The maximum atomic E-state index is 3.84. The molecule has 0 aromatic rings. The fourth-order valence-electron chi connectivity index (χ4n) is 2.67. The van der Waals surface area contributed by atoms with Crippen molar-refractivity contribution >= 4 is 6.71 Å². The molecule has 68 valence electrons. The molecule has 1 saturated heterocycles. The molecule has 12 heavy (non-hydrogen) atoms. The highest BCUT2D eigenvalue weighted by molar-refractivity contribution is 6.62. The number of hydrogen-bond acceptors (Lipinski definition) is 0. The third-order valence-corrected chi connectivity index (χ3v) is 3.24. The molecule has 0 spiro atoms. The number of allylic oxidation sites excluding steroid dienone is 1. The monoisotopic (exact) mass is 164 g/mol. The molecule has 0 N–H and O–H groups in total. The van der Waals surface area contributed by atoms with Gasteiger partial charge in [0.1, 0.15) is 6.71 Å². The van der Waals surface area contributed by atoms with E-state index in [9.17, 15) is 0 Å². The fraction of sp³-hybridized carbons (Fsp3) is 0.818. The van der Waals surface area contributed by atoms with Gasteiger partial charge in [0, 0.05) is 0 Å². The molecule has 0 aliphatic carbocycles. The van der Waals surface area contributed by atoms with Crippen LogP contribution in [0.25, 0.3) is 0 Å². The highest BCUT2D eigenvalue weighted by Gasteiger charge is 2.36. The van der Waals surface area contributed by atoms with Crippen LogP contribution in [-0.2, 0) is 0 Å². The summed E-state index contributed by atoms with van der Waals surface area (Å²) >= 11 is 0. The van der Waals surface area contributed by atoms with Gasteiger partial charge >= 0.3 is 0 Å². The Morgan fingerprint density at radius 1 is 1.50 bits per heavy atom. The molecule has 1 fully saturated rings. The molecule has 0 bridgehead atoms. The molecule has 0 aromatic carbocycles. The highest BCUT2D eigenvalue weighted by Crippen LogP contribution is 2.45. The Bertz CT molecular complexity index is 155. The lowest BCUT2D eigenvalue weighted by Gasteiger charge is -2.30. The van der Waals surface area contributed by atoms with Crippen molar-refractivity contribution in [1.29, 1.82) is 0 Å². The number of hydrogen-bond donors (Lipinski definition) is 0. The first-order valence-corrected chi connectivity index (χ1v) is 5.16. The Morgan fingerprint density at radius 3 is 2.67 bits per heavy atom. The first kappa shape index (κ1) is 9.89. The summed E-state index contributed by atoms with van der Waals surface area (Å²) in [6.45, 7) is 11.9. The van der Waals surface area contributed by atoms with Crippen LogP contribution in [0.15, 0.2) is 12.7 Å². The van der Waals surface area contributed by atoms with Crippen molar-refractivity contribution in [1.82, 2.24) is 0 Å². The second-order valence-electron chi connectivity index (χ2n) is 5.19. The van der Waals surface area contributed by atoms with E-state index in [1.54, 1.807) is 0 Å². The molecule has 0 unspecified atom stereocenters. The Morgan fingerprint density at radius 2 is 2.17 bits per heavy atom. The summed E-state index contributed by atoms with van der Waals surface area (Å²) in [7, 11) is 0. The van der Waals surface area contributed by atoms with Crippen LogP contribution in [0.1, 0.15) is 33.6 Å². The van der Waals surface area contributed by atoms with Gasteiger partial charge in [0.2, 0.25) is 0 Å². The average molecular weight is 164 g/mol. The van der Waals surface area contributed by atoms with E-state index in [-0.39, 0.29) is 0 Å². The summed E-state index contributed by atoms with van der Waals surface area (Å²) in [5.41, 5.74) is 0.504. The van der Waals surface area contributed by atoms with Gasteiger partial charge in [-0.3, -0.25) is 0 Å². The van der Waals surface area contributed by atoms with Gasteiger partial charge in [-0.2, -0.15) is 0 Å². The molecule has 0 saturated carbocycles. The molecule has 0 aromatic heterocycles. The zero-order valence-corrected chi connectivity index (χ0v) is 8.77. The van der Waals surface area contributed by atoms with Crippen molar-refractivity contribution in [2.75, 3.05) is 0 Å². The van der Waals surface area contributed by atoms with Crippen molar-refractivity contribution in [2.24, 2.45) is 5.41 Å². The van der Waals surface area contributed by atoms with E-state index in [0.29, 0.717) is 5.41 Å². The summed E-state index contributed by atoms with van der Waals surface area (Å²) in [5, 5.41) is 0. The SMILES string of the molecule is C=CCB1CCC[C@H]1C(C)(C)C. The Hall–Kier alpha value is -0.195. The summed E-state index contributed by atoms with van der Waals surface area (Å²) in [4.78, 5) is 0. The van der Waals surface area contributed by atoms with E-state index < -0.39 is 0 Å². The Balaban J connectivity index is 2.57. The zero-order valence-electron chi connectivity index (χ0n) is 8.77. The van der Waals surface area contributed by atoms with E-state index in [4.69, 9.17) is 0 Å². The third kappa shape index (κ3) is 2.15. The zero-order chi connectivity index (χ0) is 9.19. The third-order valence-electron chi connectivity index (χ3n) is 3.24. The Kier molecular flexibility index (Phi) is 3.03. The summed E-state index contributed by atoms with van der Waals surface area (Å²) in [6.07, 6.45) is 7.60. The fourth-order valence-corrected chi connectivity index (χ4v) is 2.67. The summed E-state index contributed by atoms with van der Waals surface area (Å²) in [6, 6.07) is 0.